The van der Waals surface area contributed by atoms with Gasteiger partial charge in [-0.25, -0.2) is 4.79 Å². The molecular formula is C15H13F3N2O4. The van der Waals surface area contributed by atoms with E-state index in [0.29, 0.717) is 11.1 Å². The first-order valence-corrected chi connectivity index (χ1v) is 6.51. The lowest BCUT2D eigenvalue weighted by atomic mass is 10.0. The zero-order valence-electron chi connectivity index (χ0n) is 12.7. The van der Waals surface area contributed by atoms with E-state index >= 15 is 0 Å². The lowest BCUT2D eigenvalue weighted by Crippen LogP contribution is -2.29. The summed E-state index contributed by atoms with van der Waals surface area (Å²) in [5.41, 5.74) is 5.23. The van der Waals surface area contributed by atoms with Crippen LogP contribution < -0.4 is 19.9 Å². The number of nitrogen functional groups attached to an aromatic ring is 1. The van der Waals surface area contributed by atoms with Crippen LogP contribution in [0.25, 0.3) is 10.8 Å². The number of alkyl halides is 3. The van der Waals surface area contributed by atoms with Gasteiger partial charge in [0.1, 0.15) is 11.6 Å². The van der Waals surface area contributed by atoms with Crippen LogP contribution in [0.4, 0.5) is 13.2 Å². The number of rotatable bonds is 4. The number of esters is 1. The summed E-state index contributed by atoms with van der Waals surface area (Å²) in [4.78, 5) is 11.2. The third-order valence-electron chi connectivity index (χ3n) is 3.19. The Kier molecular flexibility index (Phi) is 4.54. The van der Waals surface area contributed by atoms with Crippen molar-refractivity contribution in [1.29, 1.82) is 5.41 Å². The van der Waals surface area contributed by atoms with Crippen molar-refractivity contribution in [2.24, 2.45) is 5.73 Å². The van der Waals surface area contributed by atoms with Crippen molar-refractivity contribution in [3.05, 3.63) is 29.8 Å². The van der Waals surface area contributed by atoms with Crippen molar-refractivity contribution in [3.63, 3.8) is 0 Å². The molecule has 0 saturated heterocycles. The summed E-state index contributed by atoms with van der Waals surface area (Å²) >= 11 is 0. The van der Waals surface area contributed by atoms with Crippen molar-refractivity contribution in [3.8, 4) is 17.2 Å². The Morgan fingerprint density at radius 3 is 2.21 bits per heavy atom. The van der Waals surface area contributed by atoms with Gasteiger partial charge >= 0.3 is 12.1 Å². The van der Waals surface area contributed by atoms with E-state index in [0.717, 1.165) is 0 Å². The van der Waals surface area contributed by atoms with Gasteiger partial charge in [-0.15, -0.1) is 0 Å². The van der Waals surface area contributed by atoms with E-state index in [1.807, 2.05) is 0 Å². The molecule has 0 heterocycles. The molecule has 0 radical (unpaired) electrons. The maximum atomic E-state index is 12.5. The van der Waals surface area contributed by atoms with Gasteiger partial charge in [-0.05, 0) is 23.6 Å². The molecule has 24 heavy (non-hydrogen) atoms. The van der Waals surface area contributed by atoms with Gasteiger partial charge in [-0.3, -0.25) is 5.41 Å². The van der Waals surface area contributed by atoms with Crippen LogP contribution in [0.5, 0.6) is 17.2 Å². The number of fused-ring (bicyclic) bond motifs is 1. The molecule has 0 amide bonds. The topological polar surface area (TPSA) is 94.6 Å². The zero-order valence-corrected chi connectivity index (χ0v) is 12.7. The molecule has 0 saturated carbocycles. The third-order valence-corrected chi connectivity index (χ3v) is 3.19. The van der Waals surface area contributed by atoms with Crippen LogP contribution >= 0.6 is 0 Å². The van der Waals surface area contributed by atoms with Gasteiger partial charge in [-0.1, -0.05) is 6.07 Å². The minimum Gasteiger partial charge on any atom is -0.493 e. The number of ether oxygens (including phenoxy) is 3. The fraction of sp³-hybridized carbons (Fsp3) is 0.200. The quantitative estimate of drug-likeness (QED) is 0.385. The molecule has 0 aliphatic carbocycles. The van der Waals surface area contributed by atoms with Gasteiger partial charge < -0.3 is 19.9 Å². The third kappa shape index (κ3) is 3.19. The van der Waals surface area contributed by atoms with Gasteiger partial charge in [0.15, 0.2) is 11.5 Å². The van der Waals surface area contributed by atoms with Gasteiger partial charge in [0, 0.05) is 5.39 Å². The molecule has 9 heteroatoms. The van der Waals surface area contributed by atoms with Gasteiger partial charge in [0.25, 0.3) is 0 Å². The highest BCUT2D eigenvalue weighted by atomic mass is 19.4. The van der Waals surface area contributed by atoms with Crippen LogP contribution in [-0.2, 0) is 4.79 Å². The number of hydrogen-bond donors (Lipinski definition) is 2. The summed E-state index contributed by atoms with van der Waals surface area (Å²) in [5.74, 6) is -2.86. The molecule has 0 bridgehead atoms. The minimum absolute atomic E-state index is 0.123. The van der Waals surface area contributed by atoms with E-state index in [-0.39, 0.29) is 16.7 Å². The van der Waals surface area contributed by atoms with Crippen LogP contribution in [0.3, 0.4) is 0 Å². The molecule has 2 rings (SSSR count). The second kappa shape index (κ2) is 6.26. The molecule has 0 aliphatic heterocycles. The van der Waals surface area contributed by atoms with E-state index in [9.17, 15) is 18.0 Å². The summed E-state index contributed by atoms with van der Waals surface area (Å²) in [6, 6.07) is 5.65. The maximum absolute atomic E-state index is 12.5. The second-order valence-corrected chi connectivity index (χ2v) is 4.67. The Labute approximate surface area is 134 Å². The molecule has 6 nitrogen and oxygen atoms in total. The van der Waals surface area contributed by atoms with Gasteiger partial charge in [-0.2, -0.15) is 13.2 Å². The van der Waals surface area contributed by atoms with Crippen molar-refractivity contribution in [1.82, 2.24) is 0 Å². The lowest BCUT2D eigenvalue weighted by molar-refractivity contribution is -0.189. The number of hydrogen-bond acceptors (Lipinski definition) is 5. The average Bonchev–Trinajstić information content (AvgIpc) is 2.52. The summed E-state index contributed by atoms with van der Waals surface area (Å²) < 4.78 is 52.3. The van der Waals surface area contributed by atoms with Crippen LogP contribution in [0.2, 0.25) is 0 Å². The minimum atomic E-state index is -5.19. The van der Waals surface area contributed by atoms with Crippen LogP contribution in [0.15, 0.2) is 24.3 Å². The van der Waals surface area contributed by atoms with Gasteiger partial charge in [0.2, 0.25) is 0 Å². The molecule has 0 fully saturated rings. The van der Waals surface area contributed by atoms with Crippen LogP contribution in [0, 0.1) is 5.41 Å². The summed E-state index contributed by atoms with van der Waals surface area (Å²) in [7, 11) is 2.75. The van der Waals surface area contributed by atoms with E-state index in [1.54, 1.807) is 0 Å². The first-order valence-electron chi connectivity index (χ1n) is 6.51. The number of nitrogens with two attached hydrogens (primary N) is 1. The number of benzene rings is 2. The zero-order chi connectivity index (χ0) is 18.1. The molecule has 0 aliphatic rings. The standard InChI is InChI=1S/C15H13F3N2O4/c1-22-10-5-7-3-4-8(13(19)20)12(9(7)6-11(10)23-2)24-14(21)15(16,17)18/h3-6H,1-2H3,(H3,19,20). The first-order chi connectivity index (χ1) is 11.2. The fourth-order valence-electron chi connectivity index (χ4n) is 2.10. The number of methoxy groups -OCH3 is 2. The summed E-state index contributed by atoms with van der Waals surface area (Å²) in [6.07, 6.45) is -5.19. The smallest absolute Gasteiger partial charge is 0.491 e. The first kappa shape index (κ1) is 17.4. The number of carbonyl (C=O) groups excluding carboxylic acids is 1. The van der Waals surface area contributed by atoms with Crippen molar-refractivity contribution in [2.75, 3.05) is 14.2 Å². The average molecular weight is 342 g/mol. The summed E-state index contributed by atoms with van der Waals surface area (Å²) in [6.45, 7) is 0. The Balaban J connectivity index is 2.74. The molecule has 0 unspecified atom stereocenters. The Morgan fingerprint density at radius 2 is 1.71 bits per heavy atom. The highest BCUT2D eigenvalue weighted by molar-refractivity contribution is 6.06. The molecular weight excluding hydrogens is 329 g/mol. The molecule has 0 atom stereocenters. The predicted molar refractivity (Wildman–Crippen MR) is 79.8 cm³/mol. The maximum Gasteiger partial charge on any atom is 0.491 e. The summed E-state index contributed by atoms with van der Waals surface area (Å²) in [5, 5.41) is 8.02. The van der Waals surface area contributed by atoms with Gasteiger partial charge in [0.05, 0.1) is 19.8 Å². The van der Waals surface area contributed by atoms with Crippen molar-refractivity contribution >= 4 is 22.6 Å². The molecule has 0 aromatic heterocycles. The Morgan fingerprint density at radius 1 is 1.12 bits per heavy atom. The van der Waals surface area contributed by atoms with E-state index in [2.05, 4.69) is 4.74 Å². The normalized spacial score (nSPS) is 11.2. The Hall–Kier alpha value is -2.97. The molecule has 2 aromatic rings. The van der Waals surface area contributed by atoms with E-state index in [1.165, 1.54) is 38.5 Å². The lowest BCUT2D eigenvalue weighted by Gasteiger charge is -2.15. The highest BCUT2D eigenvalue weighted by Gasteiger charge is 2.42. The number of carbonyl (C=O) groups is 1. The largest absolute Gasteiger partial charge is 0.493 e. The monoisotopic (exact) mass is 342 g/mol. The highest BCUT2D eigenvalue weighted by Crippen LogP contribution is 2.38. The van der Waals surface area contributed by atoms with Crippen LogP contribution in [-0.4, -0.2) is 32.2 Å². The molecule has 3 N–H and O–H groups in total. The molecule has 128 valence electrons. The second-order valence-electron chi connectivity index (χ2n) is 4.67. The van der Waals surface area contributed by atoms with Crippen molar-refractivity contribution in [2.45, 2.75) is 6.18 Å². The van der Waals surface area contributed by atoms with Crippen molar-refractivity contribution < 1.29 is 32.2 Å². The molecule has 2 aromatic carbocycles. The molecule has 0 spiro atoms. The predicted octanol–water partition coefficient (Wildman–Crippen LogP) is 2.61. The SMILES string of the molecule is COc1cc2ccc(C(=N)N)c(OC(=O)C(F)(F)F)c2cc1OC. The van der Waals surface area contributed by atoms with E-state index in [4.69, 9.17) is 20.6 Å². The Bertz CT molecular complexity index is 818. The fourth-order valence-corrected chi connectivity index (χ4v) is 2.10. The van der Waals surface area contributed by atoms with Crippen LogP contribution in [0.1, 0.15) is 5.56 Å². The van der Waals surface area contributed by atoms with E-state index < -0.39 is 23.7 Å². The number of halogens is 3. The number of amidine groups is 1. The number of nitrogens with one attached hydrogen (secondary N) is 1.